The summed E-state index contributed by atoms with van der Waals surface area (Å²) in [5.74, 6) is -0.310. The lowest BCUT2D eigenvalue weighted by atomic mass is 10.0. The molecule has 108 valence electrons. The third kappa shape index (κ3) is 5.19. The predicted molar refractivity (Wildman–Crippen MR) is 76.1 cm³/mol. The van der Waals surface area contributed by atoms with Crippen LogP contribution in [0.15, 0.2) is 30.3 Å². The van der Waals surface area contributed by atoms with E-state index in [4.69, 9.17) is 5.11 Å². The summed E-state index contributed by atoms with van der Waals surface area (Å²) in [5, 5.41) is 22.2. The van der Waals surface area contributed by atoms with Crippen LogP contribution in [0.1, 0.15) is 25.8 Å². The fourth-order valence-corrected chi connectivity index (χ4v) is 1.63. The van der Waals surface area contributed by atoms with Gasteiger partial charge in [0, 0.05) is 30.4 Å². The molecule has 20 heavy (non-hydrogen) atoms. The van der Waals surface area contributed by atoms with Crippen molar-refractivity contribution in [2.45, 2.75) is 25.8 Å². The van der Waals surface area contributed by atoms with Gasteiger partial charge >= 0.3 is 0 Å². The zero-order chi connectivity index (χ0) is 15.2. The number of benzene rings is 1. The highest BCUT2D eigenvalue weighted by atomic mass is 16.6. The number of aliphatic hydroxyl groups excluding tert-OH is 1. The lowest BCUT2D eigenvalue weighted by Crippen LogP contribution is -2.43. The van der Waals surface area contributed by atoms with Crippen molar-refractivity contribution < 1.29 is 14.8 Å². The summed E-state index contributed by atoms with van der Waals surface area (Å²) in [6.45, 7) is 3.60. The van der Waals surface area contributed by atoms with Gasteiger partial charge in [-0.15, -0.1) is 0 Å². The minimum atomic E-state index is -0.501. The molecule has 6 nitrogen and oxygen atoms in total. The van der Waals surface area contributed by atoms with Crippen LogP contribution in [0, 0.1) is 10.1 Å². The Labute approximate surface area is 117 Å². The van der Waals surface area contributed by atoms with Gasteiger partial charge in [-0.05, 0) is 31.9 Å². The van der Waals surface area contributed by atoms with Crippen molar-refractivity contribution in [2.75, 3.05) is 6.61 Å². The number of carbonyl (C=O) groups is 1. The third-order valence-electron chi connectivity index (χ3n) is 2.71. The number of amides is 1. The highest BCUT2D eigenvalue weighted by molar-refractivity contribution is 5.92. The zero-order valence-corrected chi connectivity index (χ0v) is 11.5. The van der Waals surface area contributed by atoms with E-state index in [1.165, 1.54) is 24.3 Å². The topological polar surface area (TPSA) is 92.5 Å². The van der Waals surface area contributed by atoms with Crippen molar-refractivity contribution in [3.63, 3.8) is 0 Å². The summed E-state index contributed by atoms with van der Waals surface area (Å²) in [6, 6.07) is 6.02. The quantitative estimate of drug-likeness (QED) is 0.472. The number of nitro groups is 1. The van der Waals surface area contributed by atoms with Crippen LogP contribution in [-0.4, -0.2) is 28.1 Å². The first kappa shape index (κ1) is 15.8. The largest absolute Gasteiger partial charge is 0.396 e. The Hall–Kier alpha value is -2.21. The minimum Gasteiger partial charge on any atom is -0.396 e. The van der Waals surface area contributed by atoms with Crippen LogP contribution in [0.5, 0.6) is 0 Å². The first-order chi connectivity index (χ1) is 9.34. The average molecular weight is 278 g/mol. The average Bonchev–Trinajstić information content (AvgIpc) is 2.36. The molecule has 0 saturated heterocycles. The van der Waals surface area contributed by atoms with Crippen molar-refractivity contribution in [1.82, 2.24) is 5.32 Å². The Morgan fingerprint density at radius 3 is 2.80 bits per heavy atom. The molecule has 0 unspecified atom stereocenters. The molecule has 0 fully saturated rings. The van der Waals surface area contributed by atoms with E-state index in [0.717, 1.165) is 0 Å². The SMILES string of the molecule is CC(C)(CCO)NC(=O)/C=C/c1cccc([N+](=O)[O-])c1. The van der Waals surface area contributed by atoms with Crippen molar-refractivity contribution in [3.05, 3.63) is 46.0 Å². The Morgan fingerprint density at radius 1 is 1.50 bits per heavy atom. The molecule has 0 aliphatic rings. The van der Waals surface area contributed by atoms with Gasteiger partial charge < -0.3 is 10.4 Å². The molecule has 0 saturated carbocycles. The monoisotopic (exact) mass is 278 g/mol. The molecule has 1 rings (SSSR count). The Balaban J connectivity index is 2.70. The summed E-state index contributed by atoms with van der Waals surface area (Å²) in [7, 11) is 0. The minimum absolute atomic E-state index is 0.0120. The van der Waals surface area contributed by atoms with E-state index in [9.17, 15) is 14.9 Å². The van der Waals surface area contributed by atoms with Crippen molar-refractivity contribution in [1.29, 1.82) is 0 Å². The number of non-ortho nitro benzene ring substituents is 1. The number of hydrogen-bond acceptors (Lipinski definition) is 4. The summed E-state index contributed by atoms with van der Waals surface area (Å²) in [4.78, 5) is 21.9. The number of hydrogen-bond donors (Lipinski definition) is 2. The van der Waals surface area contributed by atoms with Gasteiger partial charge in [-0.3, -0.25) is 14.9 Å². The van der Waals surface area contributed by atoms with Gasteiger partial charge in [-0.1, -0.05) is 12.1 Å². The molecule has 1 aromatic carbocycles. The second kappa shape index (κ2) is 6.81. The van der Waals surface area contributed by atoms with Gasteiger partial charge in [0.25, 0.3) is 5.69 Å². The second-order valence-electron chi connectivity index (χ2n) is 5.03. The summed E-state index contributed by atoms with van der Waals surface area (Å²) in [6.07, 6.45) is 3.28. The molecule has 0 spiro atoms. The Bertz CT molecular complexity index is 524. The summed E-state index contributed by atoms with van der Waals surface area (Å²) in [5.41, 5.74) is 0.0567. The van der Waals surface area contributed by atoms with E-state index in [2.05, 4.69) is 5.32 Å². The van der Waals surface area contributed by atoms with Crippen LogP contribution >= 0.6 is 0 Å². The van der Waals surface area contributed by atoms with E-state index in [1.54, 1.807) is 12.1 Å². The van der Waals surface area contributed by atoms with E-state index >= 15 is 0 Å². The summed E-state index contributed by atoms with van der Waals surface area (Å²) < 4.78 is 0. The maximum absolute atomic E-state index is 11.7. The van der Waals surface area contributed by atoms with Gasteiger partial charge in [-0.25, -0.2) is 0 Å². The first-order valence-electron chi connectivity index (χ1n) is 6.19. The standard InChI is InChI=1S/C14H18N2O4/c1-14(2,8-9-17)15-13(18)7-6-11-4-3-5-12(10-11)16(19)20/h3-7,10,17H,8-9H2,1-2H3,(H,15,18)/b7-6+. The Kier molecular flexibility index (Phi) is 5.40. The molecular weight excluding hydrogens is 260 g/mol. The molecule has 1 amide bonds. The molecule has 0 heterocycles. The highest BCUT2D eigenvalue weighted by Gasteiger charge is 2.18. The molecular formula is C14H18N2O4. The van der Waals surface area contributed by atoms with Crippen molar-refractivity contribution >= 4 is 17.7 Å². The van der Waals surface area contributed by atoms with E-state index in [-0.39, 0.29) is 18.2 Å². The van der Waals surface area contributed by atoms with E-state index < -0.39 is 10.5 Å². The predicted octanol–water partition coefficient (Wildman–Crippen LogP) is 1.89. The molecule has 0 aromatic heterocycles. The van der Waals surface area contributed by atoms with Gasteiger partial charge in [0.1, 0.15) is 0 Å². The molecule has 6 heteroatoms. The number of nitrogens with zero attached hydrogens (tertiary/aromatic N) is 1. The van der Waals surface area contributed by atoms with Crippen LogP contribution < -0.4 is 5.32 Å². The van der Waals surface area contributed by atoms with Crippen LogP contribution in [0.25, 0.3) is 6.08 Å². The maximum Gasteiger partial charge on any atom is 0.270 e. The number of rotatable bonds is 6. The van der Waals surface area contributed by atoms with Gasteiger partial charge in [0.15, 0.2) is 0 Å². The molecule has 0 aliphatic heterocycles. The molecule has 0 bridgehead atoms. The van der Waals surface area contributed by atoms with Gasteiger partial charge in [-0.2, -0.15) is 0 Å². The molecule has 0 atom stereocenters. The second-order valence-corrected chi connectivity index (χ2v) is 5.03. The number of carbonyl (C=O) groups excluding carboxylic acids is 1. The number of nitrogens with one attached hydrogen (secondary N) is 1. The fourth-order valence-electron chi connectivity index (χ4n) is 1.63. The maximum atomic E-state index is 11.7. The van der Waals surface area contributed by atoms with Crippen LogP contribution in [-0.2, 0) is 4.79 Å². The fraction of sp³-hybridized carbons (Fsp3) is 0.357. The molecule has 0 aliphatic carbocycles. The molecule has 0 radical (unpaired) electrons. The number of nitro benzene ring substituents is 1. The molecule has 2 N–H and O–H groups in total. The Morgan fingerprint density at radius 2 is 2.20 bits per heavy atom. The lowest BCUT2D eigenvalue weighted by Gasteiger charge is -2.24. The van der Waals surface area contributed by atoms with Gasteiger partial charge in [0.2, 0.25) is 5.91 Å². The highest BCUT2D eigenvalue weighted by Crippen LogP contribution is 2.14. The van der Waals surface area contributed by atoms with Crippen molar-refractivity contribution in [2.24, 2.45) is 0 Å². The van der Waals surface area contributed by atoms with E-state index in [1.807, 2.05) is 13.8 Å². The van der Waals surface area contributed by atoms with Crippen LogP contribution in [0.3, 0.4) is 0 Å². The van der Waals surface area contributed by atoms with Crippen LogP contribution in [0.2, 0.25) is 0 Å². The smallest absolute Gasteiger partial charge is 0.270 e. The molecule has 1 aromatic rings. The third-order valence-corrected chi connectivity index (χ3v) is 2.71. The lowest BCUT2D eigenvalue weighted by molar-refractivity contribution is -0.384. The summed E-state index contributed by atoms with van der Waals surface area (Å²) >= 11 is 0. The van der Waals surface area contributed by atoms with E-state index in [0.29, 0.717) is 12.0 Å². The van der Waals surface area contributed by atoms with Gasteiger partial charge in [0.05, 0.1) is 4.92 Å². The normalized spacial score (nSPS) is 11.6. The number of aliphatic hydroxyl groups is 1. The van der Waals surface area contributed by atoms with Crippen LogP contribution in [0.4, 0.5) is 5.69 Å². The first-order valence-corrected chi connectivity index (χ1v) is 6.19. The zero-order valence-electron chi connectivity index (χ0n) is 11.5. The van der Waals surface area contributed by atoms with Crippen molar-refractivity contribution in [3.8, 4) is 0 Å².